The molecule has 108 valence electrons. The van der Waals surface area contributed by atoms with Gasteiger partial charge in [0.05, 0.1) is 23.1 Å². The molecule has 0 saturated carbocycles. The Morgan fingerprint density at radius 2 is 2.14 bits per heavy atom. The molecule has 5 heteroatoms. The SMILES string of the molecule is Cc1cc(F)ccc1CCNc1cc2[nH]ncc2cc1N. The lowest BCUT2D eigenvalue weighted by molar-refractivity contribution is 0.625. The highest BCUT2D eigenvalue weighted by Gasteiger charge is 2.04. The average Bonchev–Trinajstić information content (AvgIpc) is 2.88. The van der Waals surface area contributed by atoms with Crippen LogP contribution >= 0.6 is 0 Å². The molecule has 1 aromatic heterocycles. The second-order valence-corrected chi connectivity index (χ2v) is 5.14. The molecule has 0 aliphatic heterocycles. The second-order valence-electron chi connectivity index (χ2n) is 5.14. The van der Waals surface area contributed by atoms with Gasteiger partial charge in [-0.15, -0.1) is 0 Å². The lowest BCUT2D eigenvalue weighted by atomic mass is 10.1. The van der Waals surface area contributed by atoms with Crippen LogP contribution in [0.1, 0.15) is 11.1 Å². The van der Waals surface area contributed by atoms with E-state index in [1.54, 1.807) is 12.3 Å². The lowest BCUT2D eigenvalue weighted by Crippen LogP contribution is -2.07. The summed E-state index contributed by atoms with van der Waals surface area (Å²) in [5.41, 5.74) is 10.6. The number of hydrogen-bond donors (Lipinski definition) is 3. The Kier molecular flexibility index (Phi) is 3.48. The van der Waals surface area contributed by atoms with Crippen LogP contribution in [0.4, 0.5) is 15.8 Å². The van der Waals surface area contributed by atoms with Crippen molar-refractivity contribution in [3.63, 3.8) is 0 Å². The smallest absolute Gasteiger partial charge is 0.123 e. The van der Waals surface area contributed by atoms with Crippen LogP contribution < -0.4 is 11.1 Å². The van der Waals surface area contributed by atoms with Crippen molar-refractivity contribution >= 4 is 22.3 Å². The molecule has 0 radical (unpaired) electrons. The summed E-state index contributed by atoms with van der Waals surface area (Å²) in [5.74, 6) is -0.196. The van der Waals surface area contributed by atoms with Crippen LogP contribution in [0.3, 0.4) is 0 Å². The van der Waals surface area contributed by atoms with Gasteiger partial charge in [0, 0.05) is 11.9 Å². The predicted octanol–water partition coefficient (Wildman–Crippen LogP) is 3.25. The number of H-pyrrole nitrogens is 1. The summed E-state index contributed by atoms with van der Waals surface area (Å²) in [7, 11) is 0. The molecule has 0 amide bonds. The standard InChI is InChI=1S/C16H17FN4/c1-10-6-13(17)3-2-11(10)4-5-19-16-8-15-12(7-14(16)18)9-20-21-15/h2-3,6-9,19H,4-5,18H2,1H3,(H,20,21). The van der Waals surface area contributed by atoms with Gasteiger partial charge in [0.25, 0.3) is 0 Å². The van der Waals surface area contributed by atoms with E-state index in [2.05, 4.69) is 15.5 Å². The highest BCUT2D eigenvalue weighted by molar-refractivity contribution is 5.88. The van der Waals surface area contributed by atoms with E-state index in [-0.39, 0.29) is 5.82 Å². The number of nitrogens with one attached hydrogen (secondary N) is 2. The average molecular weight is 284 g/mol. The molecule has 0 saturated heterocycles. The van der Waals surface area contributed by atoms with Gasteiger partial charge in [-0.25, -0.2) is 4.39 Å². The highest BCUT2D eigenvalue weighted by atomic mass is 19.1. The Morgan fingerprint density at radius 1 is 1.29 bits per heavy atom. The molecule has 0 fully saturated rings. The normalized spacial score (nSPS) is 11.0. The first-order chi connectivity index (χ1) is 10.1. The summed E-state index contributed by atoms with van der Waals surface area (Å²) in [6.07, 6.45) is 2.56. The molecule has 4 nitrogen and oxygen atoms in total. The molecule has 2 aromatic carbocycles. The van der Waals surface area contributed by atoms with E-state index >= 15 is 0 Å². The molecular weight excluding hydrogens is 267 g/mol. The quantitative estimate of drug-likeness (QED) is 0.644. The van der Waals surface area contributed by atoms with Gasteiger partial charge in [0.2, 0.25) is 0 Å². The minimum atomic E-state index is -0.196. The Balaban J connectivity index is 1.70. The van der Waals surface area contributed by atoms with Crippen LogP contribution in [0.2, 0.25) is 0 Å². The zero-order chi connectivity index (χ0) is 14.8. The summed E-state index contributed by atoms with van der Waals surface area (Å²) in [6.45, 7) is 2.65. The van der Waals surface area contributed by atoms with Crippen molar-refractivity contribution in [2.24, 2.45) is 0 Å². The molecule has 0 spiro atoms. The van der Waals surface area contributed by atoms with E-state index in [1.165, 1.54) is 6.07 Å². The number of halogens is 1. The van der Waals surface area contributed by atoms with Gasteiger partial charge in [0.15, 0.2) is 0 Å². The summed E-state index contributed by atoms with van der Waals surface area (Å²) >= 11 is 0. The van der Waals surface area contributed by atoms with Crippen LogP contribution in [0.25, 0.3) is 10.9 Å². The number of benzene rings is 2. The van der Waals surface area contributed by atoms with E-state index in [1.807, 2.05) is 25.1 Å². The number of hydrogen-bond acceptors (Lipinski definition) is 3. The van der Waals surface area contributed by atoms with Crippen LogP contribution in [0, 0.1) is 12.7 Å². The third-order valence-electron chi connectivity index (χ3n) is 3.62. The van der Waals surface area contributed by atoms with Crippen LogP contribution in [-0.4, -0.2) is 16.7 Å². The Morgan fingerprint density at radius 3 is 2.95 bits per heavy atom. The van der Waals surface area contributed by atoms with Gasteiger partial charge in [0.1, 0.15) is 5.82 Å². The number of nitrogen functional groups attached to an aromatic ring is 1. The third kappa shape index (κ3) is 2.81. The van der Waals surface area contributed by atoms with Crippen molar-refractivity contribution in [3.05, 3.63) is 53.5 Å². The molecule has 3 rings (SSSR count). The Bertz CT molecular complexity index is 779. The predicted molar refractivity (Wildman–Crippen MR) is 83.8 cm³/mol. The lowest BCUT2D eigenvalue weighted by Gasteiger charge is -2.11. The summed E-state index contributed by atoms with van der Waals surface area (Å²) in [4.78, 5) is 0. The first-order valence-corrected chi connectivity index (χ1v) is 6.85. The first kappa shape index (κ1) is 13.4. The van der Waals surface area contributed by atoms with Crippen molar-refractivity contribution in [2.75, 3.05) is 17.6 Å². The van der Waals surface area contributed by atoms with E-state index < -0.39 is 0 Å². The largest absolute Gasteiger partial charge is 0.397 e. The molecule has 0 atom stereocenters. The van der Waals surface area contributed by atoms with Gasteiger partial charge in [-0.1, -0.05) is 6.07 Å². The van der Waals surface area contributed by atoms with Crippen LogP contribution in [0.5, 0.6) is 0 Å². The minimum Gasteiger partial charge on any atom is -0.397 e. The molecule has 0 aliphatic rings. The molecular formula is C16H17FN4. The number of aromatic amines is 1. The number of aromatic nitrogens is 2. The van der Waals surface area contributed by atoms with Crippen molar-refractivity contribution in [1.29, 1.82) is 0 Å². The minimum absolute atomic E-state index is 0.196. The van der Waals surface area contributed by atoms with E-state index in [9.17, 15) is 4.39 Å². The van der Waals surface area contributed by atoms with E-state index in [4.69, 9.17) is 5.73 Å². The number of fused-ring (bicyclic) bond motifs is 1. The number of anilines is 2. The number of nitrogens with zero attached hydrogens (tertiary/aromatic N) is 1. The second kappa shape index (κ2) is 5.44. The molecule has 21 heavy (non-hydrogen) atoms. The van der Waals surface area contributed by atoms with Gasteiger partial charge >= 0.3 is 0 Å². The van der Waals surface area contributed by atoms with Crippen LogP contribution in [-0.2, 0) is 6.42 Å². The fourth-order valence-electron chi connectivity index (χ4n) is 2.43. The van der Waals surface area contributed by atoms with Crippen molar-refractivity contribution in [1.82, 2.24) is 10.2 Å². The summed E-state index contributed by atoms with van der Waals surface area (Å²) < 4.78 is 13.1. The molecule has 1 heterocycles. The Hall–Kier alpha value is -2.56. The van der Waals surface area contributed by atoms with Crippen molar-refractivity contribution in [2.45, 2.75) is 13.3 Å². The van der Waals surface area contributed by atoms with Gasteiger partial charge in [-0.2, -0.15) is 5.10 Å². The van der Waals surface area contributed by atoms with Crippen molar-refractivity contribution < 1.29 is 4.39 Å². The maximum absolute atomic E-state index is 13.1. The summed E-state index contributed by atoms with van der Waals surface area (Å²) in [5, 5.41) is 11.2. The number of aryl methyl sites for hydroxylation is 1. The fourth-order valence-corrected chi connectivity index (χ4v) is 2.43. The maximum atomic E-state index is 13.1. The first-order valence-electron chi connectivity index (χ1n) is 6.85. The Labute approximate surface area is 122 Å². The monoisotopic (exact) mass is 284 g/mol. The zero-order valence-electron chi connectivity index (χ0n) is 11.8. The maximum Gasteiger partial charge on any atom is 0.123 e. The molecule has 4 N–H and O–H groups in total. The summed E-state index contributed by atoms with van der Waals surface area (Å²) in [6, 6.07) is 8.72. The van der Waals surface area contributed by atoms with Gasteiger partial charge in [-0.3, -0.25) is 5.10 Å². The van der Waals surface area contributed by atoms with E-state index in [0.29, 0.717) is 5.69 Å². The molecule has 0 bridgehead atoms. The highest BCUT2D eigenvalue weighted by Crippen LogP contribution is 2.24. The molecule has 0 unspecified atom stereocenters. The van der Waals surface area contributed by atoms with E-state index in [0.717, 1.165) is 40.7 Å². The number of nitrogens with two attached hydrogens (primary N) is 1. The third-order valence-corrected chi connectivity index (χ3v) is 3.62. The fraction of sp³-hybridized carbons (Fsp3) is 0.188. The van der Waals surface area contributed by atoms with Gasteiger partial charge in [-0.05, 0) is 48.7 Å². The topological polar surface area (TPSA) is 66.7 Å². The van der Waals surface area contributed by atoms with Crippen LogP contribution in [0.15, 0.2) is 36.5 Å². The zero-order valence-corrected chi connectivity index (χ0v) is 11.8. The van der Waals surface area contributed by atoms with Gasteiger partial charge < -0.3 is 11.1 Å². The van der Waals surface area contributed by atoms with Crippen molar-refractivity contribution in [3.8, 4) is 0 Å². The molecule has 0 aliphatic carbocycles. The molecule has 3 aromatic rings. The number of rotatable bonds is 4.